The molecular formula is C17H20FN3O3. The van der Waals surface area contributed by atoms with Gasteiger partial charge in [0.2, 0.25) is 0 Å². The molecule has 1 aromatic carbocycles. The average Bonchev–Trinajstić information content (AvgIpc) is 3.10. The first-order valence-electron chi connectivity index (χ1n) is 7.77. The lowest BCUT2D eigenvalue weighted by molar-refractivity contribution is 0.0746. The van der Waals surface area contributed by atoms with Crippen LogP contribution >= 0.6 is 0 Å². The van der Waals surface area contributed by atoms with Gasteiger partial charge in [-0.3, -0.25) is 4.79 Å². The van der Waals surface area contributed by atoms with Crippen LogP contribution in [0.2, 0.25) is 0 Å². The molecule has 2 N–H and O–H groups in total. The highest BCUT2D eigenvalue weighted by Crippen LogP contribution is 2.29. The standard InChI is InChI=1S/C17H20FN3O3/c1-23-16-9-13(18)2-3-15(16)20-4-6-21(7-5-20)17(22)12-8-14(10-19)24-11-12/h2-3,8-9,11H,4-7,10,19H2,1H3. The van der Waals surface area contributed by atoms with E-state index in [-0.39, 0.29) is 18.3 Å². The van der Waals surface area contributed by atoms with Crippen molar-refractivity contribution in [2.75, 3.05) is 38.2 Å². The summed E-state index contributed by atoms with van der Waals surface area (Å²) in [4.78, 5) is 16.3. The van der Waals surface area contributed by atoms with Gasteiger partial charge in [-0.2, -0.15) is 0 Å². The Morgan fingerprint density at radius 2 is 2.04 bits per heavy atom. The highest BCUT2D eigenvalue weighted by molar-refractivity contribution is 5.94. The second-order valence-electron chi connectivity index (χ2n) is 5.60. The highest BCUT2D eigenvalue weighted by atomic mass is 19.1. The molecule has 0 spiro atoms. The molecule has 0 saturated carbocycles. The number of halogens is 1. The van der Waals surface area contributed by atoms with E-state index < -0.39 is 0 Å². The highest BCUT2D eigenvalue weighted by Gasteiger charge is 2.24. The molecule has 2 heterocycles. The van der Waals surface area contributed by atoms with Crippen LogP contribution in [0.1, 0.15) is 16.1 Å². The topological polar surface area (TPSA) is 71.9 Å². The van der Waals surface area contributed by atoms with Gasteiger partial charge in [0.05, 0.1) is 24.9 Å². The van der Waals surface area contributed by atoms with Gasteiger partial charge in [-0.25, -0.2) is 4.39 Å². The van der Waals surface area contributed by atoms with E-state index in [1.54, 1.807) is 17.0 Å². The Bertz CT molecular complexity index is 724. The van der Waals surface area contributed by atoms with Crippen LogP contribution in [0.3, 0.4) is 0 Å². The van der Waals surface area contributed by atoms with Crippen molar-refractivity contribution in [1.29, 1.82) is 0 Å². The predicted molar refractivity (Wildman–Crippen MR) is 87.7 cm³/mol. The molecule has 128 valence electrons. The molecule has 0 unspecified atom stereocenters. The van der Waals surface area contributed by atoms with E-state index in [2.05, 4.69) is 4.90 Å². The first kappa shape index (κ1) is 16.3. The number of furan rings is 1. The van der Waals surface area contributed by atoms with Crippen LogP contribution in [0.15, 0.2) is 34.9 Å². The van der Waals surface area contributed by atoms with Crippen molar-refractivity contribution in [3.63, 3.8) is 0 Å². The molecule has 1 saturated heterocycles. The van der Waals surface area contributed by atoms with Gasteiger partial charge in [0.25, 0.3) is 5.91 Å². The van der Waals surface area contributed by atoms with Crippen molar-refractivity contribution in [2.45, 2.75) is 6.54 Å². The summed E-state index contributed by atoms with van der Waals surface area (Å²) in [6.07, 6.45) is 1.44. The molecule has 1 amide bonds. The lowest BCUT2D eigenvalue weighted by Gasteiger charge is -2.36. The van der Waals surface area contributed by atoms with Crippen molar-refractivity contribution in [3.8, 4) is 5.75 Å². The van der Waals surface area contributed by atoms with Crippen LogP contribution in [0.4, 0.5) is 10.1 Å². The Balaban J connectivity index is 1.66. The number of anilines is 1. The van der Waals surface area contributed by atoms with Crippen LogP contribution in [0, 0.1) is 5.82 Å². The van der Waals surface area contributed by atoms with Gasteiger partial charge in [0.15, 0.2) is 0 Å². The first-order chi connectivity index (χ1) is 11.6. The maximum atomic E-state index is 13.3. The third-order valence-electron chi connectivity index (χ3n) is 4.15. The molecule has 0 radical (unpaired) electrons. The van der Waals surface area contributed by atoms with Gasteiger partial charge in [0, 0.05) is 32.2 Å². The van der Waals surface area contributed by atoms with Gasteiger partial charge < -0.3 is 24.7 Å². The molecule has 1 aliphatic rings. The third kappa shape index (κ3) is 3.21. The molecule has 0 bridgehead atoms. The fourth-order valence-electron chi connectivity index (χ4n) is 2.85. The number of nitrogens with two attached hydrogens (primary N) is 1. The smallest absolute Gasteiger partial charge is 0.257 e. The van der Waals surface area contributed by atoms with E-state index in [0.717, 1.165) is 5.69 Å². The first-order valence-corrected chi connectivity index (χ1v) is 7.77. The van der Waals surface area contributed by atoms with E-state index in [9.17, 15) is 9.18 Å². The SMILES string of the molecule is COc1cc(F)ccc1N1CCN(C(=O)c2coc(CN)c2)CC1. The van der Waals surface area contributed by atoms with E-state index in [1.807, 2.05) is 0 Å². The Hall–Kier alpha value is -2.54. The van der Waals surface area contributed by atoms with E-state index in [4.69, 9.17) is 14.9 Å². The van der Waals surface area contributed by atoms with Crippen molar-refractivity contribution >= 4 is 11.6 Å². The minimum atomic E-state index is -0.333. The van der Waals surface area contributed by atoms with Crippen molar-refractivity contribution in [1.82, 2.24) is 4.90 Å². The summed E-state index contributed by atoms with van der Waals surface area (Å²) in [7, 11) is 1.52. The van der Waals surface area contributed by atoms with Crippen molar-refractivity contribution in [3.05, 3.63) is 47.7 Å². The van der Waals surface area contributed by atoms with Crippen molar-refractivity contribution in [2.24, 2.45) is 5.73 Å². The zero-order valence-electron chi connectivity index (χ0n) is 13.5. The average molecular weight is 333 g/mol. The number of nitrogens with zero attached hydrogens (tertiary/aromatic N) is 2. The summed E-state index contributed by atoms with van der Waals surface area (Å²) >= 11 is 0. The lowest BCUT2D eigenvalue weighted by Crippen LogP contribution is -2.48. The maximum Gasteiger partial charge on any atom is 0.257 e. The van der Waals surface area contributed by atoms with Gasteiger partial charge in [-0.1, -0.05) is 0 Å². The second-order valence-corrected chi connectivity index (χ2v) is 5.60. The van der Waals surface area contributed by atoms with Gasteiger partial charge in [0.1, 0.15) is 23.6 Å². The number of ether oxygens (including phenoxy) is 1. The Morgan fingerprint density at radius 3 is 2.67 bits per heavy atom. The van der Waals surface area contributed by atoms with Gasteiger partial charge in [-0.15, -0.1) is 0 Å². The zero-order valence-corrected chi connectivity index (χ0v) is 13.5. The van der Waals surface area contributed by atoms with E-state index >= 15 is 0 Å². The number of piperazine rings is 1. The summed E-state index contributed by atoms with van der Waals surface area (Å²) < 4.78 is 23.8. The number of rotatable bonds is 4. The molecule has 1 aliphatic heterocycles. The fraction of sp³-hybridized carbons (Fsp3) is 0.353. The van der Waals surface area contributed by atoms with Crippen LogP contribution in [0.5, 0.6) is 5.75 Å². The normalized spacial score (nSPS) is 14.8. The summed E-state index contributed by atoms with van der Waals surface area (Å²) in [5.41, 5.74) is 6.85. The lowest BCUT2D eigenvalue weighted by atomic mass is 10.2. The number of hydrogen-bond acceptors (Lipinski definition) is 5. The fourth-order valence-corrected chi connectivity index (χ4v) is 2.85. The molecule has 6 nitrogen and oxygen atoms in total. The van der Waals surface area contributed by atoms with Crippen LogP contribution < -0.4 is 15.4 Å². The number of carbonyl (C=O) groups excluding carboxylic acids is 1. The molecule has 0 aliphatic carbocycles. The summed E-state index contributed by atoms with van der Waals surface area (Å²) in [5, 5.41) is 0. The molecule has 2 aromatic rings. The number of amides is 1. The number of methoxy groups -OCH3 is 1. The van der Waals surface area contributed by atoms with Crippen LogP contribution in [0.25, 0.3) is 0 Å². The monoisotopic (exact) mass is 333 g/mol. The minimum Gasteiger partial charge on any atom is -0.494 e. The Kier molecular flexibility index (Phi) is 4.71. The number of benzene rings is 1. The summed E-state index contributed by atoms with van der Waals surface area (Å²) in [6, 6.07) is 6.16. The molecule has 0 atom stereocenters. The van der Waals surface area contributed by atoms with Crippen molar-refractivity contribution < 1.29 is 18.3 Å². The summed E-state index contributed by atoms with van der Waals surface area (Å²) in [6.45, 7) is 2.71. The molecule has 1 fully saturated rings. The quantitative estimate of drug-likeness (QED) is 0.924. The molecule has 3 rings (SSSR count). The van der Waals surface area contributed by atoms with E-state index in [1.165, 1.54) is 25.5 Å². The summed E-state index contributed by atoms with van der Waals surface area (Å²) in [5.74, 6) is 0.689. The maximum absolute atomic E-state index is 13.3. The number of carbonyl (C=O) groups is 1. The van der Waals surface area contributed by atoms with Gasteiger partial charge >= 0.3 is 0 Å². The Morgan fingerprint density at radius 1 is 1.29 bits per heavy atom. The predicted octanol–water partition coefficient (Wildman–Crippen LogP) is 1.85. The Labute approximate surface area is 139 Å². The zero-order chi connectivity index (χ0) is 17.1. The van der Waals surface area contributed by atoms with Crippen LogP contribution in [-0.2, 0) is 6.54 Å². The third-order valence-corrected chi connectivity index (χ3v) is 4.15. The number of hydrogen-bond donors (Lipinski definition) is 1. The molecular weight excluding hydrogens is 313 g/mol. The van der Waals surface area contributed by atoms with Crippen LogP contribution in [-0.4, -0.2) is 44.1 Å². The molecule has 1 aromatic heterocycles. The van der Waals surface area contributed by atoms with E-state index in [0.29, 0.717) is 43.3 Å². The van der Waals surface area contributed by atoms with Gasteiger partial charge in [-0.05, 0) is 18.2 Å². The molecule has 24 heavy (non-hydrogen) atoms. The largest absolute Gasteiger partial charge is 0.494 e. The minimum absolute atomic E-state index is 0.0656. The molecule has 7 heteroatoms. The second kappa shape index (κ2) is 6.92.